The molecule has 3 aromatic carbocycles. The number of hydrogen-bond acceptors (Lipinski definition) is 4. The Hall–Kier alpha value is -3.84. The zero-order valence-electron chi connectivity index (χ0n) is 21.5. The molecule has 0 aliphatic carbocycles. The Morgan fingerprint density at radius 2 is 1.68 bits per heavy atom. The van der Waals surface area contributed by atoms with E-state index < -0.39 is 0 Å². The molecular formula is C30H33N3O4. The molecule has 0 N–H and O–H groups in total. The number of para-hydroxylation sites is 1. The van der Waals surface area contributed by atoms with Gasteiger partial charge in [0.15, 0.2) is 0 Å². The van der Waals surface area contributed by atoms with Gasteiger partial charge in [0.25, 0.3) is 0 Å². The highest BCUT2D eigenvalue weighted by Crippen LogP contribution is 2.23. The van der Waals surface area contributed by atoms with Crippen molar-refractivity contribution < 1.29 is 14.3 Å². The molecule has 0 fully saturated rings. The lowest BCUT2D eigenvalue weighted by molar-refractivity contribution is -0.132. The molecule has 37 heavy (non-hydrogen) atoms. The first kappa shape index (κ1) is 24.8. The number of ether oxygens (including phenoxy) is 2. The summed E-state index contributed by atoms with van der Waals surface area (Å²) in [6.45, 7) is 2.45. The van der Waals surface area contributed by atoms with Crippen LogP contribution in [0.2, 0.25) is 0 Å². The zero-order chi connectivity index (χ0) is 25.8. The average Bonchev–Trinajstić information content (AvgIpc) is 3.12. The zero-order valence-corrected chi connectivity index (χ0v) is 21.5. The van der Waals surface area contributed by atoms with E-state index in [0.717, 1.165) is 39.9 Å². The molecule has 2 bridgehead atoms. The number of carbonyl (C=O) groups excluding carboxylic acids is 1. The molecule has 5 rings (SSSR count). The van der Waals surface area contributed by atoms with Crippen molar-refractivity contribution >= 4 is 16.9 Å². The van der Waals surface area contributed by atoms with Crippen LogP contribution in [0.25, 0.3) is 11.0 Å². The van der Waals surface area contributed by atoms with Crippen LogP contribution < -0.4 is 10.4 Å². The molecule has 192 valence electrons. The highest BCUT2D eigenvalue weighted by atomic mass is 16.5. The lowest BCUT2D eigenvalue weighted by atomic mass is 10.0. The number of aromatic nitrogens is 2. The van der Waals surface area contributed by atoms with Gasteiger partial charge in [0, 0.05) is 40.0 Å². The van der Waals surface area contributed by atoms with E-state index in [2.05, 4.69) is 30.3 Å². The average molecular weight is 500 g/mol. The van der Waals surface area contributed by atoms with E-state index in [1.54, 1.807) is 23.2 Å². The summed E-state index contributed by atoms with van der Waals surface area (Å²) in [6, 6.07) is 22.5. The molecule has 0 unspecified atom stereocenters. The normalized spacial score (nSPS) is 14.6. The van der Waals surface area contributed by atoms with Gasteiger partial charge in [0.2, 0.25) is 5.91 Å². The Morgan fingerprint density at radius 1 is 0.865 bits per heavy atom. The van der Waals surface area contributed by atoms with Gasteiger partial charge in [-0.2, -0.15) is 0 Å². The second-order valence-electron chi connectivity index (χ2n) is 9.60. The van der Waals surface area contributed by atoms with E-state index in [9.17, 15) is 9.59 Å². The first-order chi connectivity index (χ1) is 18.0. The number of benzene rings is 3. The quantitative estimate of drug-likeness (QED) is 0.430. The third-order valence-electron chi connectivity index (χ3n) is 7.04. The fourth-order valence-electron chi connectivity index (χ4n) is 4.97. The minimum absolute atomic E-state index is 0.0508. The van der Waals surface area contributed by atoms with Gasteiger partial charge in [0.1, 0.15) is 12.4 Å². The van der Waals surface area contributed by atoms with Crippen molar-refractivity contribution in [3.05, 3.63) is 99.5 Å². The molecule has 1 aliphatic heterocycles. The smallest absolute Gasteiger partial charge is 0.328 e. The van der Waals surface area contributed by atoms with E-state index in [1.165, 1.54) is 5.56 Å². The summed E-state index contributed by atoms with van der Waals surface area (Å²) in [5.41, 5.74) is 6.18. The molecule has 2 heterocycles. The number of amides is 1. The highest BCUT2D eigenvalue weighted by Gasteiger charge is 2.16. The van der Waals surface area contributed by atoms with Crippen LogP contribution in [0.4, 0.5) is 0 Å². The lowest BCUT2D eigenvalue weighted by Crippen LogP contribution is -2.34. The van der Waals surface area contributed by atoms with Gasteiger partial charge in [-0.3, -0.25) is 13.9 Å². The van der Waals surface area contributed by atoms with Crippen molar-refractivity contribution in [1.29, 1.82) is 0 Å². The Bertz CT molecular complexity index is 1470. The maximum absolute atomic E-state index is 13.3. The number of rotatable bonds is 3. The van der Waals surface area contributed by atoms with E-state index in [1.807, 2.05) is 41.3 Å². The van der Waals surface area contributed by atoms with Crippen LogP contribution >= 0.6 is 0 Å². The number of aryl methyl sites for hydroxylation is 3. The van der Waals surface area contributed by atoms with Gasteiger partial charge in [0.05, 0.1) is 24.2 Å². The molecular weight excluding hydrogens is 466 g/mol. The monoisotopic (exact) mass is 499 g/mol. The van der Waals surface area contributed by atoms with Crippen molar-refractivity contribution in [1.82, 2.24) is 14.0 Å². The van der Waals surface area contributed by atoms with Crippen LogP contribution in [0, 0.1) is 0 Å². The summed E-state index contributed by atoms with van der Waals surface area (Å²) < 4.78 is 15.1. The number of fused-ring (bicyclic) bond motifs is 4. The lowest BCUT2D eigenvalue weighted by Gasteiger charge is -2.24. The minimum Gasteiger partial charge on any atom is -0.491 e. The first-order valence-corrected chi connectivity index (χ1v) is 12.8. The van der Waals surface area contributed by atoms with Crippen molar-refractivity contribution in [3.8, 4) is 5.75 Å². The van der Waals surface area contributed by atoms with E-state index >= 15 is 0 Å². The maximum Gasteiger partial charge on any atom is 0.328 e. The standard InChI is InChI=1S/C30H33N3O4/c1-31-26-12-10-22(20-27(26)32(2)30(31)35)11-13-29(34)33-14-15-36-16-17-37-28-9-4-3-8-25(28)19-23-6-5-7-24(18-23)21-33/h3-10,12,18,20H,11,13-17,19,21H2,1-2H3. The molecule has 1 amide bonds. The van der Waals surface area contributed by atoms with Gasteiger partial charge in [-0.25, -0.2) is 4.79 Å². The second-order valence-corrected chi connectivity index (χ2v) is 9.60. The highest BCUT2D eigenvalue weighted by molar-refractivity contribution is 5.78. The summed E-state index contributed by atoms with van der Waals surface area (Å²) in [7, 11) is 3.55. The van der Waals surface area contributed by atoms with E-state index in [-0.39, 0.29) is 11.6 Å². The predicted molar refractivity (Wildman–Crippen MR) is 144 cm³/mol. The molecule has 0 radical (unpaired) electrons. The molecule has 7 nitrogen and oxygen atoms in total. The SMILES string of the molecule is Cn1c(=O)n(C)c2cc(CCC(=O)N3CCOCCOc4ccccc4Cc4cccc(c4)C3)ccc21. The topological polar surface area (TPSA) is 65.7 Å². The molecule has 0 spiro atoms. The molecule has 1 aliphatic rings. The number of nitrogens with zero attached hydrogens (tertiary/aromatic N) is 3. The third kappa shape index (κ3) is 5.62. The Morgan fingerprint density at radius 3 is 2.57 bits per heavy atom. The molecule has 0 saturated heterocycles. The molecule has 7 heteroatoms. The maximum atomic E-state index is 13.3. The minimum atomic E-state index is -0.0508. The number of imidazole rings is 1. The third-order valence-corrected chi connectivity index (χ3v) is 7.04. The van der Waals surface area contributed by atoms with Gasteiger partial charge < -0.3 is 14.4 Å². The molecule has 0 atom stereocenters. The van der Waals surface area contributed by atoms with Gasteiger partial charge in [-0.15, -0.1) is 0 Å². The van der Waals surface area contributed by atoms with Gasteiger partial charge in [-0.1, -0.05) is 48.5 Å². The summed E-state index contributed by atoms with van der Waals surface area (Å²) >= 11 is 0. The van der Waals surface area contributed by atoms with Crippen molar-refractivity contribution in [3.63, 3.8) is 0 Å². The van der Waals surface area contributed by atoms with Crippen LogP contribution in [-0.2, 0) is 43.0 Å². The fourth-order valence-corrected chi connectivity index (χ4v) is 4.97. The Balaban J connectivity index is 1.32. The summed E-state index contributed by atoms with van der Waals surface area (Å²) in [5, 5.41) is 0. The molecule has 0 saturated carbocycles. The van der Waals surface area contributed by atoms with Crippen molar-refractivity contribution in [2.75, 3.05) is 26.4 Å². The summed E-state index contributed by atoms with van der Waals surface area (Å²) in [6.07, 6.45) is 1.77. The van der Waals surface area contributed by atoms with E-state index in [4.69, 9.17) is 9.47 Å². The van der Waals surface area contributed by atoms with Gasteiger partial charge >= 0.3 is 5.69 Å². The van der Waals surface area contributed by atoms with Crippen molar-refractivity contribution in [2.45, 2.75) is 25.8 Å². The first-order valence-electron chi connectivity index (χ1n) is 12.8. The second kappa shape index (κ2) is 11.0. The van der Waals surface area contributed by atoms with Crippen LogP contribution in [0.5, 0.6) is 5.75 Å². The number of hydrogen-bond donors (Lipinski definition) is 0. The van der Waals surface area contributed by atoms with Crippen LogP contribution in [0.15, 0.2) is 71.5 Å². The number of carbonyl (C=O) groups is 1. The van der Waals surface area contributed by atoms with Crippen LogP contribution in [-0.4, -0.2) is 46.3 Å². The fraction of sp³-hybridized carbons (Fsp3) is 0.333. The molecule has 4 aromatic rings. The van der Waals surface area contributed by atoms with Crippen molar-refractivity contribution in [2.24, 2.45) is 14.1 Å². The van der Waals surface area contributed by atoms with Crippen LogP contribution in [0.3, 0.4) is 0 Å². The largest absolute Gasteiger partial charge is 0.491 e. The van der Waals surface area contributed by atoms with E-state index in [0.29, 0.717) is 45.8 Å². The van der Waals surface area contributed by atoms with Gasteiger partial charge in [-0.05, 0) is 46.9 Å². The summed E-state index contributed by atoms with van der Waals surface area (Å²) in [5.74, 6) is 0.976. The Kier molecular flexibility index (Phi) is 7.42. The summed E-state index contributed by atoms with van der Waals surface area (Å²) in [4.78, 5) is 27.5. The predicted octanol–water partition coefficient (Wildman–Crippen LogP) is 3.84. The molecule has 1 aromatic heterocycles. The Labute approximate surface area is 216 Å². The van der Waals surface area contributed by atoms with Crippen LogP contribution in [0.1, 0.15) is 28.7 Å².